The van der Waals surface area contributed by atoms with Crippen molar-refractivity contribution in [1.29, 1.82) is 0 Å². The number of aryl methyl sites for hydroxylation is 1. The summed E-state index contributed by atoms with van der Waals surface area (Å²) in [5.41, 5.74) is 2.17. The third-order valence-corrected chi connectivity index (χ3v) is 4.56. The maximum absolute atomic E-state index is 4.83. The van der Waals surface area contributed by atoms with Gasteiger partial charge in [0.15, 0.2) is 5.96 Å². The van der Waals surface area contributed by atoms with Gasteiger partial charge >= 0.3 is 0 Å². The summed E-state index contributed by atoms with van der Waals surface area (Å²) in [6.45, 7) is 8.47. The second-order valence-electron chi connectivity index (χ2n) is 6.73. The molecule has 0 spiro atoms. The van der Waals surface area contributed by atoms with Gasteiger partial charge in [-0.2, -0.15) is 0 Å². The standard InChI is InChI=1S/C19H29N5.HI/c1-3-20-19(24-13-7-8-15(2)14-24)21-12-6-11-18-22-16-9-4-5-10-17(16)23-18;/h4-5,9-10,15H,3,6-8,11-14H2,1-2H3,(H,20,21)(H,22,23);1H. The third-order valence-electron chi connectivity index (χ3n) is 4.56. The van der Waals surface area contributed by atoms with Crippen LogP contribution in [0.1, 0.15) is 38.9 Å². The Morgan fingerprint density at radius 2 is 2.24 bits per heavy atom. The number of rotatable bonds is 5. The number of aliphatic imine (C=N–C) groups is 1. The SMILES string of the molecule is CCNC(=NCCCc1nc2ccccc2[nH]1)N1CCCC(C)C1.I. The van der Waals surface area contributed by atoms with E-state index in [4.69, 9.17) is 4.99 Å². The van der Waals surface area contributed by atoms with E-state index in [-0.39, 0.29) is 24.0 Å². The number of aromatic amines is 1. The fraction of sp³-hybridized carbons (Fsp3) is 0.579. The first kappa shape index (κ1) is 20.0. The average molecular weight is 455 g/mol. The number of halogens is 1. The lowest BCUT2D eigenvalue weighted by Gasteiger charge is -2.33. The Morgan fingerprint density at radius 1 is 1.40 bits per heavy atom. The Balaban J connectivity index is 0.00000225. The summed E-state index contributed by atoms with van der Waals surface area (Å²) in [5.74, 6) is 2.90. The Labute approximate surface area is 167 Å². The van der Waals surface area contributed by atoms with E-state index in [0.717, 1.165) is 67.8 Å². The first-order chi connectivity index (χ1) is 11.8. The van der Waals surface area contributed by atoms with Gasteiger partial charge in [-0.1, -0.05) is 19.1 Å². The lowest BCUT2D eigenvalue weighted by molar-refractivity contribution is 0.266. The molecule has 3 rings (SSSR count). The van der Waals surface area contributed by atoms with E-state index in [9.17, 15) is 0 Å². The molecule has 0 amide bonds. The predicted molar refractivity (Wildman–Crippen MR) is 116 cm³/mol. The fourth-order valence-corrected chi connectivity index (χ4v) is 3.36. The number of hydrogen-bond acceptors (Lipinski definition) is 2. The summed E-state index contributed by atoms with van der Waals surface area (Å²) >= 11 is 0. The van der Waals surface area contributed by atoms with E-state index in [1.54, 1.807) is 0 Å². The zero-order valence-electron chi connectivity index (χ0n) is 15.3. The number of nitrogens with one attached hydrogen (secondary N) is 2. The Bertz CT molecular complexity index is 648. The Morgan fingerprint density at radius 3 is 3.00 bits per heavy atom. The minimum atomic E-state index is 0. The van der Waals surface area contributed by atoms with Crippen LogP contribution < -0.4 is 5.32 Å². The molecule has 1 fully saturated rings. The lowest BCUT2D eigenvalue weighted by atomic mass is 10.0. The highest BCUT2D eigenvalue weighted by atomic mass is 127. The number of fused-ring (bicyclic) bond motifs is 1. The number of nitrogens with zero attached hydrogens (tertiary/aromatic N) is 3. The Kier molecular flexibility index (Phi) is 7.99. The lowest BCUT2D eigenvalue weighted by Crippen LogP contribution is -2.46. The molecule has 6 heteroatoms. The molecule has 1 aromatic heterocycles. The normalized spacial score (nSPS) is 18.2. The molecule has 25 heavy (non-hydrogen) atoms. The van der Waals surface area contributed by atoms with Gasteiger partial charge in [-0.15, -0.1) is 24.0 Å². The first-order valence-electron chi connectivity index (χ1n) is 9.23. The van der Waals surface area contributed by atoms with Gasteiger partial charge in [-0.05, 0) is 44.2 Å². The molecule has 0 saturated carbocycles. The molecule has 1 atom stereocenters. The van der Waals surface area contributed by atoms with Gasteiger partial charge in [0, 0.05) is 32.6 Å². The van der Waals surface area contributed by atoms with Crippen LogP contribution in [0.5, 0.6) is 0 Å². The highest BCUT2D eigenvalue weighted by Gasteiger charge is 2.18. The molecule has 2 heterocycles. The summed E-state index contributed by atoms with van der Waals surface area (Å²) in [5, 5.41) is 3.45. The van der Waals surface area contributed by atoms with E-state index in [1.807, 2.05) is 18.2 Å². The van der Waals surface area contributed by atoms with Gasteiger partial charge in [0.25, 0.3) is 0 Å². The van der Waals surface area contributed by atoms with Crippen LogP contribution in [0.4, 0.5) is 0 Å². The van der Waals surface area contributed by atoms with Gasteiger partial charge in [0.2, 0.25) is 0 Å². The maximum Gasteiger partial charge on any atom is 0.193 e. The van der Waals surface area contributed by atoms with E-state index in [1.165, 1.54) is 12.8 Å². The monoisotopic (exact) mass is 455 g/mol. The summed E-state index contributed by atoms with van der Waals surface area (Å²) in [7, 11) is 0. The summed E-state index contributed by atoms with van der Waals surface area (Å²) in [4.78, 5) is 15.3. The topological polar surface area (TPSA) is 56.3 Å². The number of likely N-dealkylation sites (tertiary alicyclic amines) is 1. The van der Waals surface area contributed by atoms with Crippen molar-refractivity contribution in [3.8, 4) is 0 Å². The number of imidazole rings is 1. The molecule has 0 bridgehead atoms. The zero-order valence-corrected chi connectivity index (χ0v) is 17.6. The first-order valence-corrected chi connectivity index (χ1v) is 9.23. The zero-order chi connectivity index (χ0) is 16.8. The molecule has 1 aromatic carbocycles. The predicted octanol–water partition coefficient (Wildman–Crippen LogP) is 3.81. The quantitative estimate of drug-likeness (QED) is 0.312. The molecular weight excluding hydrogens is 425 g/mol. The maximum atomic E-state index is 4.83. The van der Waals surface area contributed by atoms with Crippen molar-refractivity contribution >= 4 is 41.0 Å². The van der Waals surface area contributed by atoms with Crippen molar-refractivity contribution in [1.82, 2.24) is 20.2 Å². The molecule has 5 nitrogen and oxygen atoms in total. The van der Waals surface area contributed by atoms with Crippen LogP contribution in [0.15, 0.2) is 29.3 Å². The number of hydrogen-bond donors (Lipinski definition) is 2. The number of guanidine groups is 1. The van der Waals surface area contributed by atoms with E-state index < -0.39 is 0 Å². The molecule has 138 valence electrons. The second kappa shape index (κ2) is 9.99. The molecule has 0 radical (unpaired) electrons. The van der Waals surface area contributed by atoms with Gasteiger partial charge in [-0.3, -0.25) is 4.99 Å². The smallest absolute Gasteiger partial charge is 0.193 e. The molecule has 2 N–H and O–H groups in total. The second-order valence-corrected chi connectivity index (χ2v) is 6.73. The minimum absolute atomic E-state index is 0. The van der Waals surface area contributed by atoms with E-state index in [2.05, 4.69) is 40.1 Å². The van der Waals surface area contributed by atoms with E-state index in [0.29, 0.717) is 0 Å². The van der Waals surface area contributed by atoms with Crippen molar-refractivity contribution in [2.45, 2.75) is 39.5 Å². The van der Waals surface area contributed by atoms with Crippen molar-refractivity contribution < 1.29 is 0 Å². The van der Waals surface area contributed by atoms with Crippen LogP contribution in [0.3, 0.4) is 0 Å². The van der Waals surface area contributed by atoms with Gasteiger partial charge in [0.05, 0.1) is 11.0 Å². The molecule has 0 aliphatic carbocycles. The summed E-state index contributed by atoms with van der Waals surface area (Å²) in [6.07, 6.45) is 4.55. The molecule has 1 unspecified atom stereocenters. The van der Waals surface area contributed by atoms with Crippen molar-refractivity contribution in [3.05, 3.63) is 30.1 Å². The number of aromatic nitrogens is 2. The average Bonchev–Trinajstić information content (AvgIpc) is 3.00. The van der Waals surface area contributed by atoms with Crippen LogP contribution >= 0.6 is 24.0 Å². The molecule has 1 aliphatic heterocycles. The van der Waals surface area contributed by atoms with Crippen LogP contribution in [0.25, 0.3) is 11.0 Å². The van der Waals surface area contributed by atoms with Crippen LogP contribution in [-0.2, 0) is 6.42 Å². The summed E-state index contributed by atoms with van der Waals surface area (Å²) in [6, 6.07) is 8.19. The summed E-state index contributed by atoms with van der Waals surface area (Å²) < 4.78 is 0. The number of benzene rings is 1. The van der Waals surface area contributed by atoms with Crippen LogP contribution in [-0.4, -0.2) is 47.0 Å². The largest absolute Gasteiger partial charge is 0.357 e. The molecule has 1 aliphatic rings. The number of para-hydroxylation sites is 2. The fourth-order valence-electron chi connectivity index (χ4n) is 3.36. The third kappa shape index (κ3) is 5.59. The van der Waals surface area contributed by atoms with Gasteiger partial charge in [-0.25, -0.2) is 4.98 Å². The molecule has 2 aromatic rings. The molecular formula is C19H30IN5. The number of H-pyrrole nitrogens is 1. The number of piperidine rings is 1. The highest BCUT2D eigenvalue weighted by molar-refractivity contribution is 14.0. The van der Waals surface area contributed by atoms with Crippen molar-refractivity contribution in [2.75, 3.05) is 26.2 Å². The van der Waals surface area contributed by atoms with E-state index >= 15 is 0 Å². The van der Waals surface area contributed by atoms with Gasteiger partial charge in [0.1, 0.15) is 5.82 Å². The van der Waals surface area contributed by atoms with Crippen molar-refractivity contribution in [2.24, 2.45) is 10.9 Å². The molecule has 1 saturated heterocycles. The van der Waals surface area contributed by atoms with Crippen LogP contribution in [0, 0.1) is 5.92 Å². The van der Waals surface area contributed by atoms with Crippen molar-refractivity contribution in [3.63, 3.8) is 0 Å². The Hall–Kier alpha value is -1.31. The minimum Gasteiger partial charge on any atom is -0.357 e. The highest BCUT2D eigenvalue weighted by Crippen LogP contribution is 2.15. The van der Waals surface area contributed by atoms with Gasteiger partial charge < -0.3 is 15.2 Å². The van der Waals surface area contributed by atoms with Crippen LogP contribution in [0.2, 0.25) is 0 Å².